The highest BCUT2D eigenvalue weighted by Gasteiger charge is 2.28. The van der Waals surface area contributed by atoms with Crippen molar-refractivity contribution in [3.05, 3.63) is 28.2 Å². The quantitative estimate of drug-likeness (QED) is 0.927. The lowest BCUT2D eigenvalue weighted by molar-refractivity contribution is 0.565. The fourth-order valence-corrected chi connectivity index (χ4v) is 3.27. The lowest BCUT2D eigenvalue weighted by Gasteiger charge is -2.09. The van der Waals surface area contributed by atoms with Gasteiger partial charge in [0.25, 0.3) is 0 Å². The maximum Gasteiger partial charge on any atom is 0.214 e. The molecule has 5 nitrogen and oxygen atoms in total. The number of tetrazole rings is 1. The van der Waals surface area contributed by atoms with Gasteiger partial charge in [0.05, 0.1) is 6.04 Å². The molecule has 100 valence electrons. The monoisotopic (exact) mass is 339 g/mol. The molecule has 1 heterocycles. The molecular formula is C12H14BrN5S. The number of nitrogens with zero attached hydrogens (tertiary/aromatic N) is 4. The van der Waals surface area contributed by atoms with Crippen molar-refractivity contribution in [3.63, 3.8) is 0 Å². The summed E-state index contributed by atoms with van der Waals surface area (Å²) >= 11 is 5.16. The van der Waals surface area contributed by atoms with Crippen LogP contribution in [0.2, 0.25) is 0 Å². The molecule has 3 rings (SSSR count). The van der Waals surface area contributed by atoms with Crippen LogP contribution in [0, 0.1) is 0 Å². The van der Waals surface area contributed by atoms with Crippen molar-refractivity contribution in [2.45, 2.75) is 41.9 Å². The van der Waals surface area contributed by atoms with Gasteiger partial charge in [-0.2, -0.15) is 0 Å². The minimum Gasteiger partial charge on any atom is -0.324 e. The molecule has 0 bridgehead atoms. The van der Waals surface area contributed by atoms with Crippen LogP contribution in [0.5, 0.6) is 0 Å². The third-order valence-electron chi connectivity index (χ3n) is 3.04. The lowest BCUT2D eigenvalue weighted by Crippen LogP contribution is -2.04. The normalized spacial score (nSPS) is 16.6. The number of hydrogen-bond acceptors (Lipinski definition) is 5. The lowest BCUT2D eigenvalue weighted by atomic mass is 10.1. The van der Waals surface area contributed by atoms with Gasteiger partial charge in [0, 0.05) is 15.4 Å². The van der Waals surface area contributed by atoms with Crippen LogP contribution in [0.1, 0.15) is 37.4 Å². The molecule has 1 aromatic carbocycles. The highest BCUT2D eigenvalue weighted by molar-refractivity contribution is 9.10. The number of aromatic nitrogens is 4. The van der Waals surface area contributed by atoms with Gasteiger partial charge < -0.3 is 5.73 Å². The Hall–Kier alpha value is -0.920. The van der Waals surface area contributed by atoms with Crippen molar-refractivity contribution in [3.8, 4) is 0 Å². The van der Waals surface area contributed by atoms with Gasteiger partial charge in [0.2, 0.25) is 5.16 Å². The first kappa shape index (κ1) is 13.1. The van der Waals surface area contributed by atoms with Crippen molar-refractivity contribution in [1.29, 1.82) is 0 Å². The summed E-state index contributed by atoms with van der Waals surface area (Å²) in [6.07, 6.45) is 2.34. The van der Waals surface area contributed by atoms with Crippen LogP contribution in [0.15, 0.2) is 32.7 Å². The predicted molar refractivity (Wildman–Crippen MR) is 77.0 cm³/mol. The van der Waals surface area contributed by atoms with E-state index in [0.29, 0.717) is 6.04 Å². The SMILES string of the molecule is CC(N)c1ccc(Sc2nnnn2C2CC2)c(Br)c1. The molecule has 0 aliphatic heterocycles. The molecular weight excluding hydrogens is 326 g/mol. The molecule has 1 aromatic heterocycles. The van der Waals surface area contributed by atoms with Gasteiger partial charge in [-0.3, -0.25) is 0 Å². The first-order valence-corrected chi connectivity index (χ1v) is 7.77. The number of nitrogens with two attached hydrogens (primary N) is 1. The standard InChI is InChI=1S/C12H14BrN5S/c1-7(14)8-2-5-11(10(13)6-8)19-12-15-16-17-18(12)9-3-4-9/h2,5-7,9H,3-4,14H2,1H3. The minimum absolute atomic E-state index is 0.0344. The number of halogens is 1. The number of rotatable bonds is 4. The van der Waals surface area contributed by atoms with Crippen LogP contribution in [0.3, 0.4) is 0 Å². The van der Waals surface area contributed by atoms with E-state index in [4.69, 9.17) is 5.73 Å². The van der Waals surface area contributed by atoms with E-state index < -0.39 is 0 Å². The Balaban J connectivity index is 1.84. The second-order valence-electron chi connectivity index (χ2n) is 4.72. The Bertz CT molecular complexity index is 594. The molecule has 2 aromatic rings. The third kappa shape index (κ3) is 2.82. The zero-order valence-corrected chi connectivity index (χ0v) is 12.9. The van der Waals surface area contributed by atoms with Gasteiger partial charge in [-0.15, -0.1) is 5.10 Å². The highest BCUT2D eigenvalue weighted by atomic mass is 79.9. The van der Waals surface area contributed by atoms with Crippen molar-refractivity contribution in [1.82, 2.24) is 20.2 Å². The fraction of sp³-hybridized carbons (Fsp3) is 0.417. The van der Waals surface area contributed by atoms with Crippen LogP contribution >= 0.6 is 27.7 Å². The molecule has 1 atom stereocenters. The summed E-state index contributed by atoms with van der Waals surface area (Å²) < 4.78 is 2.94. The zero-order valence-electron chi connectivity index (χ0n) is 10.5. The molecule has 7 heteroatoms. The van der Waals surface area contributed by atoms with E-state index in [9.17, 15) is 0 Å². The van der Waals surface area contributed by atoms with E-state index in [1.54, 1.807) is 11.8 Å². The molecule has 1 fully saturated rings. The summed E-state index contributed by atoms with van der Waals surface area (Å²) in [5.41, 5.74) is 6.99. The van der Waals surface area contributed by atoms with Crippen LogP contribution in [-0.2, 0) is 0 Å². The van der Waals surface area contributed by atoms with E-state index in [1.165, 1.54) is 12.8 Å². The van der Waals surface area contributed by atoms with Gasteiger partial charge in [-0.05, 0) is 75.6 Å². The molecule has 1 aliphatic rings. The van der Waals surface area contributed by atoms with Gasteiger partial charge in [-0.1, -0.05) is 6.07 Å². The second-order valence-corrected chi connectivity index (χ2v) is 6.58. The second kappa shape index (κ2) is 5.22. The summed E-state index contributed by atoms with van der Waals surface area (Å²) in [6.45, 7) is 1.97. The molecule has 0 amide bonds. The van der Waals surface area contributed by atoms with Crippen molar-refractivity contribution >= 4 is 27.7 Å². The summed E-state index contributed by atoms with van der Waals surface area (Å²) in [5.74, 6) is 0. The average Bonchev–Trinajstić information content (AvgIpc) is 3.12. The summed E-state index contributed by atoms with van der Waals surface area (Å²) in [4.78, 5) is 1.10. The first-order chi connectivity index (χ1) is 9.15. The molecule has 1 saturated carbocycles. The van der Waals surface area contributed by atoms with Gasteiger partial charge in [0.1, 0.15) is 0 Å². The van der Waals surface area contributed by atoms with E-state index in [2.05, 4.69) is 43.6 Å². The minimum atomic E-state index is 0.0344. The van der Waals surface area contributed by atoms with Crippen molar-refractivity contribution in [2.75, 3.05) is 0 Å². The molecule has 0 spiro atoms. The fourth-order valence-electron chi connectivity index (χ4n) is 1.78. The van der Waals surface area contributed by atoms with Gasteiger partial charge in [0.15, 0.2) is 0 Å². The Morgan fingerprint density at radius 3 is 2.89 bits per heavy atom. The first-order valence-electron chi connectivity index (χ1n) is 6.16. The molecule has 0 radical (unpaired) electrons. The molecule has 2 N–H and O–H groups in total. The molecule has 1 aliphatic carbocycles. The summed E-state index contributed by atoms with van der Waals surface area (Å²) in [7, 11) is 0. The van der Waals surface area contributed by atoms with E-state index in [0.717, 1.165) is 20.1 Å². The van der Waals surface area contributed by atoms with Crippen LogP contribution in [0.25, 0.3) is 0 Å². The Morgan fingerprint density at radius 2 is 2.26 bits per heavy atom. The Kier molecular flexibility index (Phi) is 3.60. The van der Waals surface area contributed by atoms with E-state index >= 15 is 0 Å². The van der Waals surface area contributed by atoms with E-state index in [1.807, 2.05) is 17.7 Å². The average molecular weight is 340 g/mol. The summed E-state index contributed by atoms with van der Waals surface area (Å²) in [6, 6.07) is 6.67. The third-order valence-corrected chi connectivity index (χ3v) is 4.98. The molecule has 0 saturated heterocycles. The molecule has 1 unspecified atom stereocenters. The maximum atomic E-state index is 5.88. The summed E-state index contributed by atoms with van der Waals surface area (Å²) in [5, 5.41) is 12.7. The Morgan fingerprint density at radius 1 is 1.47 bits per heavy atom. The molecule has 19 heavy (non-hydrogen) atoms. The highest BCUT2D eigenvalue weighted by Crippen LogP contribution is 2.39. The number of benzene rings is 1. The zero-order chi connectivity index (χ0) is 13.4. The van der Waals surface area contributed by atoms with E-state index in [-0.39, 0.29) is 6.04 Å². The van der Waals surface area contributed by atoms with Crippen molar-refractivity contribution in [2.24, 2.45) is 5.73 Å². The van der Waals surface area contributed by atoms with Crippen molar-refractivity contribution < 1.29 is 0 Å². The Labute approximate surface area is 124 Å². The largest absolute Gasteiger partial charge is 0.324 e. The predicted octanol–water partition coefficient (Wildman–Crippen LogP) is 2.94. The topological polar surface area (TPSA) is 69.6 Å². The van der Waals surface area contributed by atoms with Crippen LogP contribution in [-0.4, -0.2) is 20.2 Å². The van der Waals surface area contributed by atoms with Crippen LogP contribution in [0.4, 0.5) is 0 Å². The van der Waals surface area contributed by atoms with Gasteiger partial charge >= 0.3 is 0 Å². The van der Waals surface area contributed by atoms with Gasteiger partial charge in [-0.25, -0.2) is 4.68 Å². The smallest absolute Gasteiger partial charge is 0.214 e. The van der Waals surface area contributed by atoms with Crippen LogP contribution < -0.4 is 5.73 Å². The maximum absolute atomic E-state index is 5.88. The number of hydrogen-bond donors (Lipinski definition) is 1.